The minimum Gasteiger partial charge on any atom is -0.465 e. The summed E-state index contributed by atoms with van der Waals surface area (Å²) in [5.74, 6) is 0. The smallest absolute Gasteiger partial charge is 0.404 e. The highest BCUT2D eigenvalue weighted by Crippen LogP contribution is 2.00. The van der Waals surface area contributed by atoms with E-state index in [0.29, 0.717) is 6.54 Å². The van der Waals surface area contributed by atoms with Crippen molar-refractivity contribution >= 4 is 6.09 Å². The Morgan fingerprint density at radius 2 is 1.71 bits per heavy atom. The van der Waals surface area contributed by atoms with Crippen molar-refractivity contribution in [3.8, 4) is 0 Å². The van der Waals surface area contributed by atoms with Gasteiger partial charge in [-0.25, -0.2) is 4.79 Å². The molecule has 3 N–H and O–H groups in total. The molecule has 0 aliphatic heterocycles. The maximum atomic E-state index is 10.1. The molecule has 4 heteroatoms. The number of hydrogen-bond donors (Lipinski definition) is 3. The predicted octanol–water partition coefficient (Wildman–Crippen LogP) is 1.81. The summed E-state index contributed by atoms with van der Waals surface area (Å²) in [6.07, 6.45) is 2.14. The van der Waals surface area contributed by atoms with Crippen LogP contribution in [0.15, 0.2) is 0 Å². The lowest BCUT2D eigenvalue weighted by atomic mass is 10.1. The molecular weight excluding hydrogens is 180 g/mol. The monoisotopic (exact) mass is 202 g/mol. The van der Waals surface area contributed by atoms with Crippen LogP contribution >= 0.6 is 0 Å². The average molecular weight is 202 g/mol. The molecule has 84 valence electrons. The predicted molar refractivity (Wildman–Crippen MR) is 57.6 cm³/mol. The maximum Gasteiger partial charge on any atom is 0.404 e. The molecule has 0 bridgehead atoms. The fraction of sp³-hybridized carbons (Fsp3) is 0.900. The van der Waals surface area contributed by atoms with Gasteiger partial charge in [-0.1, -0.05) is 6.42 Å². The first-order valence-corrected chi connectivity index (χ1v) is 5.13. The molecule has 14 heavy (non-hydrogen) atoms. The molecule has 0 atom stereocenters. The Morgan fingerprint density at radius 1 is 1.14 bits per heavy atom. The maximum absolute atomic E-state index is 10.1. The summed E-state index contributed by atoms with van der Waals surface area (Å²) in [5, 5.41) is 14.0. The van der Waals surface area contributed by atoms with Crippen LogP contribution in [-0.2, 0) is 0 Å². The van der Waals surface area contributed by atoms with E-state index in [9.17, 15) is 4.79 Å². The van der Waals surface area contributed by atoms with Gasteiger partial charge >= 0.3 is 6.09 Å². The Labute approximate surface area is 86.1 Å². The molecule has 0 aromatic rings. The topological polar surface area (TPSA) is 61.4 Å². The van der Waals surface area contributed by atoms with Gasteiger partial charge in [0.15, 0.2) is 0 Å². The zero-order valence-electron chi connectivity index (χ0n) is 9.39. The van der Waals surface area contributed by atoms with Gasteiger partial charge in [-0.3, -0.25) is 0 Å². The van der Waals surface area contributed by atoms with Crippen LogP contribution in [-0.4, -0.2) is 29.8 Å². The number of carbonyl (C=O) groups is 1. The Bertz CT molecular complexity index is 164. The summed E-state index contributed by atoms with van der Waals surface area (Å²) in [6, 6.07) is 0. The zero-order chi connectivity index (χ0) is 11.0. The van der Waals surface area contributed by atoms with Gasteiger partial charge in [0.25, 0.3) is 0 Å². The van der Waals surface area contributed by atoms with E-state index in [-0.39, 0.29) is 5.54 Å². The van der Waals surface area contributed by atoms with E-state index in [2.05, 4.69) is 31.4 Å². The molecule has 0 aliphatic rings. The quantitative estimate of drug-likeness (QED) is 0.576. The molecule has 0 aromatic heterocycles. The summed E-state index contributed by atoms with van der Waals surface area (Å²) in [6.45, 7) is 7.97. The van der Waals surface area contributed by atoms with Gasteiger partial charge in [0.2, 0.25) is 0 Å². The van der Waals surface area contributed by atoms with Crippen LogP contribution in [0, 0.1) is 0 Å². The van der Waals surface area contributed by atoms with Crippen LogP contribution < -0.4 is 10.6 Å². The zero-order valence-corrected chi connectivity index (χ0v) is 9.39. The van der Waals surface area contributed by atoms with Crippen molar-refractivity contribution in [3.63, 3.8) is 0 Å². The first-order chi connectivity index (χ1) is 6.42. The molecule has 4 nitrogen and oxygen atoms in total. The SMILES string of the molecule is CC(C)(C)NCCCCCNC(=O)O. The van der Waals surface area contributed by atoms with Gasteiger partial charge in [0, 0.05) is 12.1 Å². The summed E-state index contributed by atoms with van der Waals surface area (Å²) < 4.78 is 0. The highest BCUT2D eigenvalue weighted by atomic mass is 16.4. The van der Waals surface area contributed by atoms with E-state index >= 15 is 0 Å². The highest BCUT2D eigenvalue weighted by molar-refractivity contribution is 5.64. The van der Waals surface area contributed by atoms with Gasteiger partial charge < -0.3 is 15.7 Å². The summed E-state index contributed by atoms with van der Waals surface area (Å²) in [7, 11) is 0. The van der Waals surface area contributed by atoms with E-state index in [1.165, 1.54) is 0 Å². The lowest BCUT2D eigenvalue weighted by molar-refractivity contribution is 0.194. The van der Waals surface area contributed by atoms with E-state index in [1.807, 2.05) is 0 Å². The fourth-order valence-corrected chi connectivity index (χ4v) is 1.09. The summed E-state index contributed by atoms with van der Waals surface area (Å²) >= 11 is 0. The molecule has 0 radical (unpaired) electrons. The number of unbranched alkanes of at least 4 members (excludes halogenated alkanes) is 2. The van der Waals surface area contributed by atoms with Crippen molar-refractivity contribution in [2.75, 3.05) is 13.1 Å². The molecular formula is C10H22N2O2. The average Bonchev–Trinajstić information content (AvgIpc) is 2.00. The van der Waals surface area contributed by atoms with Gasteiger partial charge in [0.05, 0.1) is 0 Å². The van der Waals surface area contributed by atoms with Gasteiger partial charge in [-0.2, -0.15) is 0 Å². The Morgan fingerprint density at radius 3 is 2.21 bits per heavy atom. The second-order valence-electron chi connectivity index (χ2n) is 4.47. The number of hydrogen-bond acceptors (Lipinski definition) is 2. The van der Waals surface area contributed by atoms with Crippen LogP contribution in [0.1, 0.15) is 40.0 Å². The van der Waals surface area contributed by atoms with E-state index in [4.69, 9.17) is 5.11 Å². The minimum absolute atomic E-state index is 0.180. The number of nitrogens with one attached hydrogen (secondary N) is 2. The number of rotatable bonds is 6. The van der Waals surface area contributed by atoms with Crippen LogP contribution in [0.3, 0.4) is 0 Å². The highest BCUT2D eigenvalue weighted by Gasteiger charge is 2.06. The largest absolute Gasteiger partial charge is 0.465 e. The van der Waals surface area contributed by atoms with Crippen molar-refractivity contribution in [1.29, 1.82) is 0 Å². The lowest BCUT2D eigenvalue weighted by Crippen LogP contribution is -2.36. The van der Waals surface area contributed by atoms with Crippen molar-refractivity contribution < 1.29 is 9.90 Å². The standard InChI is InChI=1S/C10H22N2O2/c1-10(2,3)12-8-6-4-5-7-11-9(13)14/h11-12H,4-8H2,1-3H3,(H,13,14). The molecule has 0 spiro atoms. The van der Waals surface area contributed by atoms with Crippen LogP contribution in [0.25, 0.3) is 0 Å². The second-order valence-corrected chi connectivity index (χ2v) is 4.47. The molecule has 0 saturated heterocycles. The summed E-state index contributed by atoms with van der Waals surface area (Å²) in [4.78, 5) is 10.1. The first-order valence-electron chi connectivity index (χ1n) is 5.13. The van der Waals surface area contributed by atoms with Crippen molar-refractivity contribution in [1.82, 2.24) is 10.6 Å². The van der Waals surface area contributed by atoms with Crippen LogP contribution in [0.5, 0.6) is 0 Å². The molecule has 0 rings (SSSR count). The minimum atomic E-state index is -0.933. The third-order valence-corrected chi connectivity index (χ3v) is 1.79. The Balaban J connectivity index is 3.11. The Hall–Kier alpha value is -0.770. The lowest BCUT2D eigenvalue weighted by Gasteiger charge is -2.20. The summed E-state index contributed by atoms with van der Waals surface area (Å²) in [5.41, 5.74) is 0.180. The number of carboxylic acid groups (broad SMARTS) is 1. The number of amides is 1. The van der Waals surface area contributed by atoms with Gasteiger partial charge in [-0.15, -0.1) is 0 Å². The van der Waals surface area contributed by atoms with E-state index < -0.39 is 6.09 Å². The second kappa shape index (κ2) is 6.65. The Kier molecular flexibility index (Phi) is 6.28. The molecule has 0 saturated carbocycles. The molecule has 0 unspecified atom stereocenters. The van der Waals surface area contributed by atoms with Crippen molar-refractivity contribution in [2.24, 2.45) is 0 Å². The fourth-order valence-electron chi connectivity index (χ4n) is 1.09. The molecule has 0 aliphatic carbocycles. The van der Waals surface area contributed by atoms with Crippen molar-refractivity contribution in [2.45, 2.75) is 45.6 Å². The van der Waals surface area contributed by atoms with Crippen molar-refractivity contribution in [3.05, 3.63) is 0 Å². The molecule has 0 aromatic carbocycles. The van der Waals surface area contributed by atoms with E-state index in [1.54, 1.807) is 0 Å². The molecule has 0 heterocycles. The van der Waals surface area contributed by atoms with Gasteiger partial charge in [-0.05, 0) is 40.2 Å². The normalized spacial score (nSPS) is 11.4. The first kappa shape index (κ1) is 13.2. The van der Waals surface area contributed by atoms with Crippen LogP contribution in [0.4, 0.5) is 4.79 Å². The third kappa shape index (κ3) is 11.2. The third-order valence-electron chi connectivity index (χ3n) is 1.79. The van der Waals surface area contributed by atoms with Crippen LogP contribution in [0.2, 0.25) is 0 Å². The molecule has 0 fully saturated rings. The van der Waals surface area contributed by atoms with E-state index in [0.717, 1.165) is 25.8 Å². The molecule has 1 amide bonds. The van der Waals surface area contributed by atoms with Gasteiger partial charge in [0.1, 0.15) is 0 Å².